The summed E-state index contributed by atoms with van der Waals surface area (Å²) in [5.74, 6) is 7.74. The van der Waals surface area contributed by atoms with Crippen LogP contribution in [0.15, 0.2) is 0 Å². The van der Waals surface area contributed by atoms with Crippen LogP contribution in [0.25, 0.3) is 0 Å². The van der Waals surface area contributed by atoms with Crippen LogP contribution in [0.1, 0.15) is 171 Å². The highest BCUT2D eigenvalue weighted by molar-refractivity contribution is 4.83. The van der Waals surface area contributed by atoms with Crippen molar-refractivity contribution in [1.82, 2.24) is 0 Å². The Balaban J connectivity index is 2.65. The highest BCUT2D eigenvalue weighted by Gasteiger charge is 2.32. The van der Waals surface area contributed by atoms with E-state index in [9.17, 15) is 0 Å². The van der Waals surface area contributed by atoms with Crippen molar-refractivity contribution < 1.29 is 0 Å². The minimum Gasteiger partial charge on any atom is -0.0654 e. The van der Waals surface area contributed by atoms with Crippen LogP contribution in [0.5, 0.6) is 0 Å². The minimum atomic E-state index is 0.862. The molecule has 0 aromatic carbocycles. The quantitative estimate of drug-likeness (QED) is 0.164. The van der Waals surface area contributed by atoms with Gasteiger partial charge in [-0.2, -0.15) is 0 Å². The molecule has 0 bridgehead atoms. The molecule has 1 fully saturated rings. The summed E-state index contributed by atoms with van der Waals surface area (Å²) in [5, 5.41) is 0. The van der Waals surface area contributed by atoms with Gasteiger partial charge in [0.15, 0.2) is 0 Å². The van der Waals surface area contributed by atoms with Crippen molar-refractivity contribution in [3.8, 4) is 0 Å². The molecule has 1 saturated carbocycles. The molecule has 1 rings (SSSR count). The third-order valence-corrected chi connectivity index (χ3v) is 9.68. The molecule has 0 aromatic rings. The van der Waals surface area contributed by atoms with E-state index < -0.39 is 0 Å². The van der Waals surface area contributed by atoms with Crippen LogP contribution >= 0.6 is 0 Å². The lowest BCUT2D eigenvalue weighted by Gasteiger charge is -2.39. The third kappa shape index (κ3) is 13.3. The van der Waals surface area contributed by atoms with Gasteiger partial charge in [0.2, 0.25) is 0 Å². The lowest BCUT2D eigenvalue weighted by molar-refractivity contribution is 0.122. The fourth-order valence-corrected chi connectivity index (χ4v) is 7.38. The zero-order valence-electron chi connectivity index (χ0n) is 25.3. The second kappa shape index (κ2) is 19.2. The molecule has 0 saturated heterocycles. The Labute approximate surface area is 218 Å². The van der Waals surface area contributed by atoms with Crippen molar-refractivity contribution in [2.45, 2.75) is 171 Å². The second-order valence-corrected chi connectivity index (χ2v) is 13.4. The van der Waals surface area contributed by atoms with Crippen molar-refractivity contribution in [2.24, 2.45) is 47.3 Å². The molecule has 4 atom stereocenters. The zero-order valence-corrected chi connectivity index (χ0v) is 25.3. The van der Waals surface area contributed by atoms with E-state index >= 15 is 0 Å². The Kier molecular flexibility index (Phi) is 18.0. The topological polar surface area (TPSA) is 0 Å². The lowest BCUT2D eigenvalue weighted by Crippen LogP contribution is -2.28. The minimum absolute atomic E-state index is 0.862. The highest BCUT2D eigenvalue weighted by Crippen LogP contribution is 2.44. The SMILES string of the molecule is CCCCC(CC)CCC(CC(C)C)C1CCC(C(CCC(CC)CCCC)CC(C)C)CC1. The number of unbranched alkanes of at least 4 members (excludes halogenated alkanes) is 2. The first-order chi connectivity index (χ1) is 16.3. The molecule has 0 radical (unpaired) electrons. The first-order valence-electron chi connectivity index (χ1n) is 16.3. The van der Waals surface area contributed by atoms with Gasteiger partial charge in [-0.05, 0) is 98.7 Å². The van der Waals surface area contributed by atoms with Crippen molar-refractivity contribution in [3.63, 3.8) is 0 Å². The van der Waals surface area contributed by atoms with E-state index in [1.54, 1.807) is 0 Å². The van der Waals surface area contributed by atoms with Gasteiger partial charge in [-0.3, -0.25) is 0 Å². The molecule has 0 heteroatoms. The maximum Gasteiger partial charge on any atom is -0.0383 e. The molecule has 0 N–H and O–H groups in total. The maximum atomic E-state index is 2.47. The van der Waals surface area contributed by atoms with Crippen LogP contribution in [0.4, 0.5) is 0 Å². The Morgan fingerprint density at radius 3 is 1.12 bits per heavy atom. The number of hydrogen-bond acceptors (Lipinski definition) is 0. The Hall–Kier alpha value is 0. The Morgan fingerprint density at radius 2 is 0.853 bits per heavy atom. The van der Waals surface area contributed by atoms with E-state index in [1.807, 2.05) is 0 Å². The van der Waals surface area contributed by atoms with Gasteiger partial charge in [-0.15, -0.1) is 0 Å². The zero-order chi connectivity index (χ0) is 25.3. The average molecular weight is 477 g/mol. The van der Waals surface area contributed by atoms with Gasteiger partial charge in [0.1, 0.15) is 0 Å². The molecule has 1 aliphatic carbocycles. The molecule has 1 aliphatic rings. The van der Waals surface area contributed by atoms with Crippen LogP contribution in [0.3, 0.4) is 0 Å². The normalized spacial score (nSPS) is 22.8. The Bertz CT molecular complexity index is 399. The summed E-state index contributed by atoms with van der Waals surface area (Å²) >= 11 is 0. The van der Waals surface area contributed by atoms with Crippen molar-refractivity contribution in [1.29, 1.82) is 0 Å². The molecule has 0 spiro atoms. The van der Waals surface area contributed by atoms with Crippen LogP contribution in [-0.2, 0) is 0 Å². The number of hydrogen-bond donors (Lipinski definition) is 0. The highest BCUT2D eigenvalue weighted by atomic mass is 14.4. The van der Waals surface area contributed by atoms with E-state index in [2.05, 4.69) is 55.4 Å². The van der Waals surface area contributed by atoms with Crippen LogP contribution in [0.2, 0.25) is 0 Å². The summed E-state index contributed by atoms with van der Waals surface area (Å²) in [6.45, 7) is 19.4. The number of rotatable bonds is 20. The van der Waals surface area contributed by atoms with Gasteiger partial charge < -0.3 is 0 Å². The summed E-state index contributed by atoms with van der Waals surface area (Å²) in [7, 11) is 0. The summed E-state index contributed by atoms with van der Waals surface area (Å²) in [5.41, 5.74) is 0. The van der Waals surface area contributed by atoms with Gasteiger partial charge >= 0.3 is 0 Å². The monoisotopic (exact) mass is 477 g/mol. The van der Waals surface area contributed by atoms with E-state index in [0.717, 1.165) is 47.3 Å². The third-order valence-electron chi connectivity index (χ3n) is 9.68. The van der Waals surface area contributed by atoms with Gasteiger partial charge in [0.25, 0.3) is 0 Å². The van der Waals surface area contributed by atoms with Crippen molar-refractivity contribution in [2.75, 3.05) is 0 Å². The van der Waals surface area contributed by atoms with Gasteiger partial charge in [-0.25, -0.2) is 0 Å². The smallest absolute Gasteiger partial charge is 0.0383 e. The fraction of sp³-hybridized carbons (Fsp3) is 1.00. The van der Waals surface area contributed by atoms with E-state index in [0.29, 0.717) is 0 Å². The van der Waals surface area contributed by atoms with Gasteiger partial charge in [-0.1, -0.05) is 120 Å². The van der Waals surface area contributed by atoms with Crippen molar-refractivity contribution >= 4 is 0 Å². The standard InChI is InChI=1S/C34H68/c1-9-13-15-29(11-3)17-19-33(25-27(5)6)31-21-23-32(24-22-31)34(26-28(7)8)20-18-30(12-4)16-14-10-2/h27-34H,9-26H2,1-8H3. The molecule has 0 aliphatic heterocycles. The molecule has 0 heterocycles. The van der Waals surface area contributed by atoms with E-state index in [1.165, 1.54) is 116 Å². The van der Waals surface area contributed by atoms with Crippen LogP contribution < -0.4 is 0 Å². The summed E-state index contributed by atoms with van der Waals surface area (Å²) < 4.78 is 0. The molecule has 204 valence electrons. The Morgan fingerprint density at radius 1 is 0.500 bits per heavy atom. The summed E-state index contributed by atoms with van der Waals surface area (Å²) in [6, 6.07) is 0. The molecule has 0 aromatic heterocycles. The summed E-state index contributed by atoms with van der Waals surface area (Å²) in [4.78, 5) is 0. The molecular formula is C34H68. The van der Waals surface area contributed by atoms with E-state index in [4.69, 9.17) is 0 Å². The fourth-order valence-electron chi connectivity index (χ4n) is 7.38. The average Bonchev–Trinajstić information content (AvgIpc) is 2.82. The van der Waals surface area contributed by atoms with Crippen molar-refractivity contribution in [3.05, 3.63) is 0 Å². The summed E-state index contributed by atoms with van der Waals surface area (Å²) in [6.07, 6.45) is 26.5. The van der Waals surface area contributed by atoms with Gasteiger partial charge in [0.05, 0.1) is 0 Å². The lowest BCUT2D eigenvalue weighted by atomic mass is 9.67. The first-order valence-corrected chi connectivity index (χ1v) is 16.3. The first kappa shape index (κ1) is 32.0. The van der Waals surface area contributed by atoms with E-state index in [-0.39, 0.29) is 0 Å². The molecule has 4 unspecified atom stereocenters. The van der Waals surface area contributed by atoms with Crippen LogP contribution in [0, 0.1) is 47.3 Å². The molecular weight excluding hydrogens is 408 g/mol. The maximum absolute atomic E-state index is 2.47. The second-order valence-electron chi connectivity index (χ2n) is 13.4. The molecule has 0 nitrogen and oxygen atoms in total. The van der Waals surface area contributed by atoms with Crippen LogP contribution in [-0.4, -0.2) is 0 Å². The van der Waals surface area contributed by atoms with Gasteiger partial charge in [0, 0.05) is 0 Å². The predicted octanol–water partition coefficient (Wildman–Crippen LogP) is 12.1. The largest absolute Gasteiger partial charge is 0.0654 e. The molecule has 0 amide bonds. The molecule has 34 heavy (non-hydrogen) atoms. The predicted molar refractivity (Wildman–Crippen MR) is 156 cm³/mol.